The molecular weight excluding hydrogens is 334 g/mol. The van der Waals surface area contributed by atoms with Crippen LogP contribution in [-0.4, -0.2) is 38.4 Å². The summed E-state index contributed by atoms with van der Waals surface area (Å²) in [6.07, 6.45) is 1.26. The molecule has 1 aromatic heterocycles. The van der Waals surface area contributed by atoms with Gasteiger partial charge in [-0.05, 0) is 18.9 Å². The molecule has 25 heavy (non-hydrogen) atoms. The molecule has 4 rings (SSSR count). The van der Waals surface area contributed by atoms with E-state index in [9.17, 15) is 4.79 Å². The van der Waals surface area contributed by atoms with Gasteiger partial charge in [-0.1, -0.05) is 30.3 Å². The molecule has 1 saturated heterocycles. The number of carbonyl (C=O) groups is 1. The number of methoxy groups -OCH3 is 1. The second kappa shape index (κ2) is 6.90. The van der Waals surface area contributed by atoms with E-state index in [-0.39, 0.29) is 24.0 Å². The third kappa shape index (κ3) is 2.90. The third-order valence-electron chi connectivity index (χ3n) is 5.47. The summed E-state index contributed by atoms with van der Waals surface area (Å²) in [5.74, 6) is 0.685. The van der Waals surface area contributed by atoms with E-state index < -0.39 is 0 Å². The molecule has 2 fully saturated rings. The van der Waals surface area contributed by atoms with Gasteiger partial charge in [0.05, 0.1) is 18.3 Å². The van der Waals surface area contributed by atoms with Crippen LogP contribution in [-0.2, 0) is 9.47 Å². The molecule has 0 bridgehead atoms. The summed E-state index contributed by atoms with van der Waals surface area (Å²) in [4.78, 5) is 14.2. The first kappa shape index (κ1) is 16.8. The largest absolute Gasteiger partial charge is 0.384 e. The van der Waals surface area contributed by atoms with Gasteiger partial charge in [0.25, 0.3) is 5.91 Å². The maximum Gasteiger partial charge on any atom is 0.253 e. The molecule has 0 radical (unpaired) electrons. The van der Waals surface area contributed by atoms with Gasteiger partial charge in [-0.3, -0.25) is 4.79 Å². The number of nitrogens with one attached hydrogen (secondary N) is 1. The predicted molar refractivity (Wildman–Crippen MR) is 99.0 cm³/mol. The zero-order chi connectivity index (χ0) is 17.4. The Labute approximate surface area is 152 Å². The number of hydrogen-bond donors (Lipinski definition) is 1. The molecule has 0 unspecified atom stereocenters. The first-order valence-corrected chi connectivity index (χ1v) is 9.63. The number of rotatable bonds is 5. The van der Waals surface area contributed by atoms with Crippen LogP contribution >= 0.6 is 11.3 Å². The van der Waals surface area contributed by atoms with Crippen molar-refractivity contribution in [2.75, 3.05) is 20.3 Å². The van der Waals surface area contributed by atoms with E-state index in [1.807, 2.05) is 23.6 Å². The van der Waals surface area contributed by atoms with Crippen LogP contribution in [0.3, 0.4) is 0 Å². The predicted octanol–water partition coefficient (Wildman–Crippen LogP) is 3.50. The Morgan fingerprint density at radius 1 is 1.36 bits per heavy atom. The summed E-state index contributed by atoms with van der Waals surface area (Å²) in [6.45, 7) is 3.48. The van der Waals surface area contributed by atoms with Gasteiger partial charge in [0.15, 0.2) is 0 Å². The fourth-order valence-electron chi connectivity index (χ4n) is 4.25. The van der Waals surface area contributed by atoms with Gasteiger partial charge in [-0.2, -0.15) is 0 Å². The molecule has 2 aromatic rings. The molecule has 2 heterocycles. The topological polar surface area (TPSA) is 47.6 Å². The first-order valence-electron chi connectivity index (χ1n) is 8.75. The van der Waals surface area contributed by atoms with Crippen molar-refractivity contribution < 1.29 is 14.3 Å². The maximum atomic E-state index is 13.0. The first-order chi connectivity index (χ1) is 12.2. The average molecular weight is 357 g/mol. The number of amides is 1. The van der Waals surface area contributed by atoms with E-state index in [0.717, 1.165) is 29.7 Å². The second-order valence-corrected chi connectivity index (χ2v) is 7.94. The summed E-state index contributed by atoms with van der Waals surface area (Å²) in [6, 6.07) is 10.3. The number of ether oxygens (including phenoxy) is 2. The van der Waals surface area contributed by atoms with E-state index >= 15 is 0 Å². The molecule has 1 N–H and O–H groups in total. The SMILES string of the molecule is COC[C@@H]1[C@H](NC(=O)c2csc(C)c2-c2ccccc2)[C@@H]2CCO[C@H]12. The highest BCUT2D eigenvalue weighted by atomic mass is 32.1. The molecule has 1 amide bonds. The van der Waals surface area contributed by atoms with Crippen LogP contribution in [0.2, 0.25) is 0 Å². The lowest BCUT2D eigenvalue weighted by atomic mass is 9.67. The molecule has 4 nitrogen and oxygen atoms in total. The van der Waals surface area contributed by atoms with Crippen molar-refractivity contribution in [2.45, 2.75) is 25.5 Å². The van der Waals surface area contributed by atoms with E-state index in [2.05, 4.69) is 24.4 Å². The quantitative estimate of drug-likeness (QED) is 0.891. The van der Waals surface area contributed by atoms with Crippen LogP contribution < -0.4 is 5.32 Å². The Hall–Kier alpha value is -1.69. The highest BCUT2D eigenvalue weighted by Gasteiger charge is 2.54. The Morgan fingerprint density at radius 2 is 2.16 bits per heavy atom. The standard InChI is InChI=1S/C20H23NO3S/c1-12-17(13-6-4-3-5-7-13)16(11-25-12)20(22)21-18-14-8-9-24-19(14)15(18)10-23-2/h3-7,11,14-15,18-19H,8-10H2,1-2H3,(H,21,22)/t14-,15+,18+,19-/m0/s1. The van der Waals surface area contributed by atoms with Crippen molar-refractivity contribution in [3.63, 3.8) is 0 Å². The number of fused-ring (bicyclic) bond motifs is 1. The number of carbonyl (C=O) groups excluding carboxylic acids is 1. The molecule has 1 aliphatic carbocycles. The Balaban J connectivity index is 1.56. The van der Waals surface area contributed by atoms with Crippen molar-refractivity contribution in [3.8, 4) is 11.1 Å². The molecule has 0 spiro atoms. The zero-order valence-electron chi connectivity index (χ0n) is 14.5. The highest BCUT2D eigenvalue weighted by Crippen LogP contribution is 2.44. The van der Waals surface area contributed by atoms with Crippen LogP contribution in [0.25, 0.3) is 11.1 Å². The normalized spacial score (nSPS) is 27.6. The second-order valence-electron chi connectivity index (χ2n) is 6.85. The number of aryl methyl sites for hydroxylation is 1. The lowest BCUT2D eigenvalue weighted by Crippen LogP contribution is -2.62. The van der Waals surface area contributed by atoms with Crippen LogP contribution in [0.4, 0.5) is 0 Å². The summed E-state index contributed by atoms with van der Waals surface area (Å²) in [5.41, 5.74) is 2.91. The minimum atomic E-state index is 0.0136. The van der Waals surface area contributed by atoms with Crippen molar-refractivity contribution in [1.29, 1.82) is 0 Å². The number of hydrogen-bond acceptors (Lipinski definition) is 4. The molecule has 1 saturated carbocycles. The molecule has 132 valence electrons. The fourth-order valence-corrected chi connectivity index (χ4v) is 5.11. The van der Waals surface area contributed by atoms with Gasteiger partial charge in [-0.25, -0.2) is 0 Å². The lowest BCUT2D eigenvalue weighted by molar-refractivity contribution is -0.0809. The van der Waals surface area contributed by atoms with Crippen LogP contribution in [0.15, 0.2) is 35.7 Å². The Bertz CT molecular complexity index is 758. The van der Waals surface area contributed by atoms with Gasteiger partial charge in [0.2, 0.25) is 0 Å². The van der Waals surface area contributed by atoms with Gasteiger partial charge >= 0.3 is 0 Å². The zero-order valence-corrected chi connectivity index (χ0v) is 15.3. The Kier molecular flexibility index (Phi) is 4.63. The van der Waals surface area contributed by atoms with Gasteiger partial charge in [0.1, 0.15) is 0 Å². The highest BCUT2D eigenvalue weighted by molar-refractivity contribution is 7.10. The van der Waals surface area contributed by atoms with Crippen molar-refractivity contribution in [2.24, 2.45) is 11.8 Å². The monoisotopic (exact) mass is 357 g/mol. The molecule has 1 aromatic carbocycles. The molecule has 2 aliphatic rings. The smallest absolute Gasteiger partial charge is 0.253 e. The Morgan fingerprint density at radius 3 is 2.92 bits per heavy atom. The van der Waals surface area contributed by atoms with E-state index in [0.29, 0.717) is 12.5 Å². The molecule has 4 atom stereocenters. The summed E-state index contributed by atoms with van der Waals surface area (Å²) in [5, 5.41) is 5.24. The third-order valence-corrected chi connectivity index (χ3v) is 6.38. The number of benzene rings is 1. The lowest BCUT2D eigenvalue weighted by Gasteiger charge is -2.47. The summed E-state index contributed by atoms with van der Waals surface area (Å²) < 4.78 is 11.1. The van der Waals surface area contributed by atoms with Crippen LogP contribution in [0.5, 0.6) is 0 Å². The van der Waals surface area contributed by atoms with Gasteiger partial charge in [-0.15, -0.1) is 11.3 Å². The molecular formula is C20H23NO3S. The minimum Gasteiger partial charge on any atom is -0.384 e. The van der Waals surface area contributed by atoms with Gasteiger partial charge in [0, 0.05) is 47.4 Å². The minimum absolute atomic E-state index is 0.0136. The molecule has 5 heteroatoms. The fraction of sp³-hybridized carbons (Fsp3) is 0.450. The van der Waals surface area contributed by atoms with Crippen molar-refractivity contribution in [3.05, 3.63) is 46.2 Å². The average Bonchev–Trinajstić information content (AvgIpc) is 3.22. The summed E-state index contributed by atoms with van der Waals surface area (Å²) in [7, 11) is 1.71. The van der Waals surface area contributed by atoms with Crippen LogP contribution in [0, 0.1) is 18.8 Å². The van der Waals surface area contributed by atoms with Crippen molar-refractivity contribution >= 4 is 17.2 Å². The van der Waals surface area contributed by atoms with E-state index in [4.69, 9.17) is 9.47 Å². The maximum absolute atomic E-state index is 13.0. The van der Waals surface area contributed by atoms with Gasteiger partial charge < -0.3 is 14.8 Å². The number of thiophene rings is 1. The van der Waals surface area contributed by atoms with Crippen LogP contribution in [0.1, 0.15) is 21.7 Å². The summed E-state index contributed by atoms with van der Waals surface area (Å²) >= 11 is 1.63. The van der Waals surface area contributed by atoms with Crippen molar-refractivity contribution in [1.82, 2.24) is 5.32 Å². The molecule has 1 aliphatic heterocycles. The van der Waals surface area contributed by atoms with E-state index in [1.165, 1.54) is 4.88 Å². The van der Waals surface area contributed by atoms with E-state index in [1.54, 1.807) is 18.4 Å².